The predicted molar refractivity (Wildman–Crippen MR) is 299 cm³/mol. The molecule has 0 aromatic heterocycles. The van der Waals surface area contributed by atoms with Gasteiger partial charge in [0.2, 0.25) is 0 Å². The average Bonchev–Trinajstić information content (AvgIpc) is 3.68. The van der Waals surface area contributed by atoms with Gasteiger partial charge in [-0.2, -0.15) is 0 Å². The Balaban J connectivity index is 1.08. The van der Waals surface area contributed by atoms with Crippen LogP contribution in [0.2, 0.25) is 0 Å². The molecule has 0 spiro atoms. The molecule has 0 atom stereocenters. The number of fused-ring (bicyclic) bond motifs is 12. The molecule has 0 saturated heterocycles. The number of anilines is 3. The normalized spacial score (nSPS) is 17.5. The van der Waals surface area contributed by atoms with E-state index >= 15 is 0 Å². The van der Waals surface area contributed by atoms with E-state index in [4.69, 9.17) is 0 Å². The Morgan fingerprint density at radius 2 is 0.625 bits per heavy atom. The van der Waals surface area contributed by atoms with Crippen molar-refractivity contribution in [1.82, 2.24) is 0 Å². The van der Waals surface area contributed by atoms with Crippen LogP contribution in [0, 0.1) is 0 Å². The fourth-order valence-electron chi connectivity index (χ4n) is 14.2. The van der Waals surface area contributed by atoms with Crippen LogP contribution in [0.5, 0.6) is 0 Å². The summed E-state index contributed by atoms with van der Waals surface area (Å²) in [5.41, 5.74) is 27.5. The van der Waals surface area contributed by atoms with Gasteiger partial charge < -0.3 is 4.90 Å². The summed E-state index contributed by atoms with van der Waals surface area (Å²) in [6.07, 6.45) is 0. The third-order valence-corrected chi connectivity index (χ3v) is 17.0. The molecule has 15 rings (SSSR count). The summed E-state index contributed by atoms with van der Waals surface area (Å²) >= 11 is 0. The lowest BCUT2D eigenvalue weighted by atomic mass is 9.38. The van der Waals surface area contributed by atoms with E-state index in [2.05, 4.69) is 280 Å². The minimum Gasteiger partial charge on any atom is -0.310 e. The highest BCUT2D eigenvalue weighted by atomic mass is 15.1. The van der Waals surface area contributed by atoms with Crippen molar-refractivity contribution < 1.29 is 0 Å². The van der Waals surface area contributed by atoms with Crippen molar-refractivity contribution in [2.24, 2.45) is 0 Å². The van der Waals surface area contributed by atoms with Gasteiger partial charge in [-0.05, 0) is 142 Å². The zero-order valence-electron chi connectivity index (χ0n) is 40.3. The van der Waals surface area contributed by atoms with E-state index < -0.39 is 10.8 Å². The minimum atomic E-state index is -0.738. The zero-order valence-corrected chi connectivity index (χ0v) is 40.3. The first-order chi connectivity index (χ1) is 35.5. The van der Waals surface area contributed by atoms with Gasteiger partial charge in [-0.15, -0.1) is 0 Å². The fourth-order valence-corrected chi connectivity index (χ4v) is 14.2. The van der Waals surface area contributed by atoms with E-state index in [1.165, 1.54) is 117 Å². The molecule has 0 fully saturated rings. The van der Waals surface area contributed by atoms with Crippen LogP contribution in [0.3, 0.4) is 0 Å². The van der Waals surface area contributed by atoms with Gasteiger partial charge in [-0.25, -0.2) is 0 Å². The van der Waals surface area contributed by atoms with Crippen molar-refractivity contribution in [1.29, 1.82) is 0 Å². The molecule has 1 nitrogen and oxygen atoms in total. The molecule has 4 aliphatic rings. The van der Waals surface area contributed by atoms with Crippen LogP contribution in [0.15, 0.2) is 261 Å². The Labute approximate surface area is 422 Å². The highest BCUT2D eigenvalue weighted by Crippen LogP contribution is 2.74. The molecule has 338 valence electrons. The molecule has 0 heterocycles. The predicted octanol–water partition coefficient (Wildman–Crippen LogP) is 18.1. The van der Waals surface area contributed by atoms with Crippen LogP contribution in [-0.2, 0) is 16.2 Å². The standard InChI is InChI=1S/C71H49N/c1-69(2)65-44-49(47-23-7-4-8-24-47)39-41-57(65)58-42-40-51(45-66(58)69)72(50-26-19-25-48(43-50)46-21-5-3-6-22-46)67-38-20-32-59-56-31-13-16-35-62(56)70-60-33-14-9-27-52(60)54-29-11-17-36-63(54)71(70,68(59)67)64-37-18-12-30-55(64)53-28-10-15-34-61(53)70/h3-45H,1-2H3. The lowest BCUT2D eigenvalue weighted by Gasteiger charge is -2.62. The van der Waals surface area contributed by atoms with Gasteiger partial charge in [0.1, 0.15) is 0 Å². The summed E-state index contributed by atoms with van der Waals surface area (Å²) in [6.45, 7) is 4.83. The number of nitrogens with zero attached hydrogens (tertiary/aromatic N) is 1. The van der Waals surface area contributed by atoms with Crippen LogP contribution in [-0.4, -0.2) is 0 Å². The second kappa shape index (κ2) is 15.1. The first kappa shape index (κ1) is 41.0. The molecule has 72 heavy (non-hydrogen) atoms. The van der Waals surface area contributed by atoms with E-state index in [0.29, 0.717) is 0 Å². The highest BCUT2D eigenvalue weighted by molar-refractivity contribution is 6.02. The maximum Gasteiger partial charge on any atom is 0.0668 e. The molecule has 0 unspecified atom stereocenters. The van der Waals surface area contributed by atoms with Gasteiger partial charge in [-0.3, -0.25) is 0 Å². The molecule has 11 aromatic rings. The van der Waals surface area contributed by atoms with E-state index in [0.717, 1.165) is 11.4 Å². The smallest absolute Gasteiger partial charge is 0.0668 e. The second-order valence-electron chi connectivity index (χ2n) is 20.7. The third kappa shape index (κ3) is 5.27. The molecule has 0 saturated carbocycles. The first-order valence-corrected chi connectivity index (χ1v) is 25.4. The molecule has 0 bridgehead atoms. The van der Waals surface area contributed by atoms with Crippen molar-refractivity contribution in [3.63, 3.8) is 0 Å². The monoisotopic (exact) mass is 915 g/mol. The first-order valence-electron chi connectivity index (χ1n) is 25.4. The highest BCUT2D eigenvalue weighted by Gasteiger charge is 2.67. The van der Waals surface area contributed by atoms with Crippen LogP contribution in [0.4, 0.5) is 17.1 Å². The Kier molecular flexibility index (Phi) is 8.62. The van der Waals surface area contributed by atoms with Gasteiger partial charge in [0.05, 0.1) is 16.5 Å². The van der Waals surface area contributed by atoms with E-state index in [1.54, 1.807) is 0 Å². The van der Waals surface area contributed by atoms with Crippen molar-refractivity contribution in [2.75, 3.05) is 4.90 Å². The van der Waals surface area contributed by atoms with Crippen LogP contribution in [0.1, 0.15) is 58.4 Å². The van der Waals surface area contributed by atoms with Gasteiger partial charge >= 0.3 is 0 Å². The van der Waals surface area contributed by atoms with E-state index in [-0.39, 0.29) is 5.41 Å². The molecule has 4 aliphatic carbocycles. The number of rotatable bonds is 5. The topological polar surface area (TPSA) is 3.24 Å². The third-order valence-electron chi connectivity index (χ3n) is 17.0. The summed E-state index contributed by atoms with van der Waals surface area (Å²) in [6, 6.07) is 99.1. The SMILES string of the molecule is CC1(C)c2cc(-c3ccccc3)ccc2-c2ccc(N(c3cccc(-c4ccccc4)c3)c3cccc4c3C35c6ccccc6-c6ccccc6C3(c3ccccc3-c3ccccc35)c3ccccc3-4)cc21. The van der Waals surface area contributed by atoms with Gasteiger partial charge in [0.25, 0.3) is 0 Å². The van der Waals surface area contributed by atoms with Gasteiger partial charge in [-0.1, -0.05) is 238 Å². The molecule has 11 aromatic carbocycles. The molecule has 0 amide bonds. The molecule has 1 heteroatoms. The maximum absolute atomic E-state index is 2.61. The lowest BCUT2D eigenvalue weighted by molar-refractivity contribution is 0.406. The van der Waals surface area contributed by atoms with Crippen molar-refractivity contribution >= 4 is 17.1 Å². The Bertz CT molecular complexity index is 3930. The minimum absolute atomic E-state index is 0.260. The van der Waals surface area contributed by atoms with Gasteiger partial charge in [0.15, 0.2) is 0 Å². The molecular weight excluding hydrogens is 867 g/mol. The second-order valence-corrected chi connectivity index (χ2v) is 20.7. The Morgan fingerprint density at radius 1 is 0.250 bits per heavy atom. The van der Waals surface area contributed by atoms with E-state index in [9.17, 15) is 0 Å². The van der Waals surface area contributed by atoms with Crippen molar-refractivity contribution in [3.05, 3.63) is 305 Å². The van der Waals surface area contributed by atoms with E-state index in [1.807, 2.05) is 0 Å². The molecule has 0 aliphatic heterocycles. The summed E-state index contributed by atoms with van der Waals surface area (Å²) < 4.78 is 0. The van der Waals surface area contributed by atoms with Gasteiger partial charge in [0, 0.05) is 22.4 Å². The number of hydrogen-bond donors (Lipinski definition) is 0. The van der Waals surface area contributed by atoms with Crippen LogP contribution < -0.4 is 4.90 Å². The summed E-state index contributed by atoms with van der Waals surface area (Å²) in [5.74, 6) is 0. The molecule has 0 radical (unpaired) electrons. The fraction of sp³-hybridized carbons (Fsp3) is 0.0704. The lowest BCUT2D eigenvalue weighted by Crippen LogP contribution is -2.58. The summed E-state index contributed by atoms with van der Waals surface area (Å²) in [4.78, 5) is 2.61. The quantitative estimate of drug-likeness (QED) is 0.166. The average molecular weight is 916 g/mol. The largest absolute Gasteiger partial charge is 0.310 e. The van der Waals surface area contributed by atoms with Crippen LogP contribution >= 0.6 is 0 Å². The van der Waals surface area contributed by atoms with Crippen molar-refractivity contribution in [2.45, 2.75) is 30.1 Å². The Hall–Kier alpha value is -8.78. The van der Waals surface area contributed by atoms with Crippen LogP contribution in [0.25, 0.3) is 66.8 Å². The maximum atomic E-state index is 2.61. The molecule has 0 N–H and O–H groups in total. The zero-order chi connectivity index (χ0) is 47.8. The van der Waals surface area contributed by atoms with Crippen molar-refractivity contribution in [3.8, 4) is 66.8 Å². The molecular formula is C71H49N. The number of benzene rings is 11. The Morgan fingerprint density at radius 3 is 1.17 bits per heavy atom. The summed E-state index contributed by atoms with van der Waals surface area (Å²) in [7, 11) is 0. The number of hydrogen-bond acceptors (Lipinski definition) is 1. The summed E-state index contributed by atoms with van der Waals surface area (Å²) in [5, 5.41) is 0.